The van der Waals surface area contributed by atoms with Crippen LogP contribution in [-0.4, -0.2) is 79.3 Å². The predicted octanol–water partition coefficient (Wildman–Crippen LogP) is 0.303. The Labute approximate surface area is 128 Å². The highest BCUT2D eigenvalue weighted by atomic mass is 32.1. The monoisotopic (exact) mass is 315 g/mol. The maximum absolute atomic E-state index is 13.5. The van der Waals surface area contributed by atoms with Gasteiger partial charge in [0.1, 0.15) is 6.67 Å². The van der Waals surface area contributed by atoms with Gasteiger partial charge in [0.25, 0.3) is 5.19 Å². The molecule has 0 bridgehead atoms. The van der Waals surface area contributed by atoms with Gasteiger partial charge in [-0.05, 0) is 0 Å². The average molecular weight is 315 g/mol. The third-order valence-corrected chi connectivity index (χ3v) is 5.12. The van der Waals surface area contributed by atoms with Gasteiger partial charge < -0.3 is 14.7 Å². The van der Waals surface area contributed by atoms with E-state index in [0.29, 0.717) is 30.2 Å². The van der Waals surface area contributed by atoms with Crippen LogP contribution in [0.5, 0.6) is 5.19 Å². The van der Waals surface area contributed by atoms with Crippen molar-refractivity contribution in [1.29, 1.82) is 0 Å². The van der Waals surface area contributed by atoms with Gasteiger partial charge in [0.2, 0.25) is 0 Å². The van der Waals surface area contributed by atoms with Crippen LogP contribution in [0.4, 0.5) is 5.13 Å². The molecule has 21 heavy (non-hydrogen) atoms. The summed E-state index contributed by atoms with van der Waals surface area (Å²) in [4.78, 5) is 4.39. The quantitative estimate of drug-likeness (QED) is 0.584. The number of likely N-dealkylation sites (N-methyl/N-ethyl adjacent to an activating group) is 1. The van der Waals surface area contributed by atoms with Crippen molar-refractivity contribution in [3.63, 3.8) is 0 Å². The number of quaternary nitrogens is 1. The smallest absolute Gasteiger partial charge is 0.312 e. The number of hydrogen-bond acceptors (Lipinski definition) is 8. The molecule has 9 heteroatoms. The Hall–Kier alpha value is -0.840. The normalized spacial score (nSPS) is 31.7. The van der Waals surface area contributed by atoms with E-state index in [1.54, 1.807) is 7.11 Å². The first-order valence-electron chi connectivity index (χ1n) is 7.18. The number of nitrogens with zero attached hydrogens (tertiary/aromatic N) is 5. The first-order valence-corrected chi connectivity index (χ1v) is 8.00. The Morgan fingerprint density at radius 2 is 2.19 bits per heavy atom. The molecule has 3 rings (SSSR count). The van der Waals surface area contributed by atoms with Gasteiger partial charge in [0, 0.05) is 31.0 Å². The van der Waals surface area contributed by atoms with Gasteiger partial charge in [-0.3, -0.25) is 4.65 Å². The van der Waals surface area contributed by atoms with Crippen LogP contribution in [0.2, 0.25) is 0 Å². The summed E-state index contributed by atoms with van der Waals surface area (Å²) in [5, 5.41) is 22.4. The van der Waals surface area contributed by atoms with Crippen LogP contribution in [0.3, 0.4) is 0 Å². The number of aromatic nitrogens is 2. The van der Waals surface area contributed by atoms with Crippen molar-refractivity contribution in [2.75, 3.05) is 53.2 Å². The third kappa shape index (κ3) is 2.77. The summed E-state index contributed by atoms with van der Waals surface area (Å²) in [6.07, 6.45) is -0.147. The molecule has 2 saturated heterocycles. The van der Waals surface area contributed by atoms with E-state index in [-0.39, 0.29) is 6.17 Å². The summed E-state index contributed by atoms with van der Waals surface area (Å²) in [6.45, 7) is 7.05. The largest absolute Gasteiger partial charge is 0.623 e. The molecule has 0 radical (unpaired) electrons. The van der Waals surface area contributed by atoms with Crippen molar-refractivity contribution in [2.45, 2.75) is 13.1 Å². The minimum absolute atomic E-state index is 0.147. The second kappa shape index (κ2) is 6.11. The molecule has 3 heterocycles. The van der Waals surface area contributed by atoms with Gasteiger partial charge in [0.05, 0.1) is 26.9 Å². The molecule has 0 spiro atoms. The molecule has 0 N–H and O–H groups in total. The molecule has 2 fully saturated rings. The highest BCUT2D eigenvalue weighted by Crippen LogP contribution is 2.37. The average Bonchev–Trinajstić information content (AvgIpc) is 3.13. The van der Waals surface area contributed by atoms with E-state index in [0.717, 1.165) is 26.2 Å². The summed E-state index contributed by atoms with van der Waals surface area (Å²) in [5.74, 6) is 0. The first-order chi connectivity index (χ1) is 10.2. The maximum Gasteiger partial charge on any atom is 0.312 e. The van der Waals surface area contributed by atoms with Crippen LogP contribution in [0.25, 0.3) is 0 Å². The molecule has 2 atom stereocenters. The van der Waals surface area contributed by atoms with Crippen LogP contribution in [0.1, 0.15) is 6.92 Å². The van der Waals surface area contributed by atoms with Gasteiger partial charge in [-0.1, -0.05) is 17.1 Å². The summed E-state index contributed by atoms with van der Waals surface area (Å²) in [6, 6.07) is 0. The lowest BCUT2D eigenvalue weighted by Gasteiger charge is -2.44. The zero-order chi connectivity index (χ0) is 14.9. The van der Waals surface area contributed by atoms with Gasteiger partial charge in [-0.25, -0.2) is 9.80 Å². The van der Waals surface area contributed by atoms with Crippen molar-refractivity contribution < 1.29 is 9.47 Å². The fraction of sp³-hybridized carbons (Fsp3) is 0.833. The number of morpholine rings is 1. The third-order valence-electron chi connectivity index (χ3n) is 4.12. The van der Waals surface area contributed by atoms with E-state index in [2.05, 4.69) is 26.9 Å². The molecule has 8 nitrogen and oxygen atoms in total. The molecule has 1 aromatic rings. The van der Waals surface area contributed by atoms with Crippen LogP contribution in [-0.2, 0) is 4.74 Å². The molecule has 2 aliphatic rings. The van der Waals surface area contributed by atoms with Crippen LogP contribution < -0.4 is 9.38 Å². The number of rotatable bonds is 4. The molecule has 118 valence electrons. The summed E-state index contributed by atoms with van der Waals surface area (Å²) in [7, 11) is 1.54. The lowest BCUT2D eigenvalue weighted by molar-refractivity contribution is -0.00415. The second-order valence-corrected chi connectivity index (χ2v) is 6.21. The number of methoxy groups -OCH3 is 1. The Morgan fingerprint density at radius 3 is 2.81 bits per heavy atom. The van der Waals surface area contributed by atoms with E-state index in [1.165, 1.54) is 11.3 Å². The highest BCUT2D eigenvalue weighted by molar-refractivity contribution is 7.16. The van der Waals surface area contributed by atoms with E-state index in [1.807, 2.05) is 0 Å². The second-order valence-electron chi connectivity index (χ2n) is 5.29. The van der Waals surface area contributed by atoms with E-state index in [9.17, 15) is 5.21 Å². The Balaban J connectivity index is 1.87. The SMILES string of the molecule is CCN1CC(N2CCOCC2)[N+]([O-])(c2nnc(OC)s2)C1. The molecule has 2 unspecified atom stereocenters. The minimum atomic E-state index is -0.463. The zero-order valence-electron chi connectivity index (χ0n) is 12.4. The van der Waals surface area contributed by atoms with Crippen molar-refractivity contribution in [3.8, 4) is 5.19 Å². The van der Waals surface area contributed by atoms with Gasteiger partial charge in [0.15, 0.2) is 6.17 Å². The molecular formula is C12H21N5O3S. The fourth-order valence-corrected chi connectivity index (χ4v) is 3.66. The molecule has 0 aliphatic carbocycles. The van der Waals surface area contributed by atoms with Crippen molar-refractivity contribution >= 4 is 16.5 Å². The van der Waals surface area contributed by atoms with Crippen molar-refractivity contribution in [1.82, 2.24) is 24.6 Å². The van der Waals surface area contributed by atoms with E-state index < -0.39 is 4.65 Å². The highest BCUT2D eigenvalue weighted by Gasteiger charge is 2.46. The van der Waals surface area contributed by atoms with Crippen LogP contribution in [0, 0.1) is 5.21 Å². The molecule has 2 aliphatic heterocycles. The van der Waals surface area contributed by atoms with E-state index in [4.69, 9.17) is 9.47 Å². The summed E-state index contributed by atoms with van der Waals surface area (Å²) >= 11 is 1.24. The Kier molecular flexibility index (Phi) is 4.38. The minimum Gasteiger partial charge on any atom is -0.623 e. The fourth-order valence-electron chi connectivity index (χ4n) is 2.92. The summed E-state index contributed by atoms with van der Waals surface area (Å²) < 4.78 is 10.0. The molecule has 1 aromatic heterocycles. The molecule has 0 aromatic carbocycles. The van der Waals surface area contributed by atoms with Gasteiger partial charge >= 0.3 is 5.13 Å². The Morgan fingerprint density at radius 1 is 1.43 bits per heavy atom. The van der Waals surface area contributed by atoms with Crippen molar-refractivity contribution in [3.05, 3.63) is 5.21 Å². The maximum atomic E-state index is 13.5. The first kappa shape index (κ1) is 15.1. The molecule has 0 amide bonds. The van der Waals surface area contributed by atoms with Gasteiger partial charge in [-0.2, -0.15) is 0 Å². The lowest BCUT2D eigenvalue weighted by Crippen LogP contribution is -2.59. The van der Waals surface area contributed by atoms with Crippen LogP contribution >= 0.6 is 11.3 Å². The number of hydroxylamine groups is 2. The standard InChI is InChI=1S/C12H21N5O3S/c1-3-15-8-10(16-4-6-20-7-5-16)17(18,9-15)11-13-14-12(19-2)21-11/h10H,3-9H2,1-2H3. The zero-order valence-corrected chi connectivity index (χ0v) is 13.2. The number of ether oxygens (including phenoxy) is 2. The van der Waals surface area contributed by atoms with Crippen LogP contribution in [0.15, 0.2) is 0 Å². The molecule has 0 saturated carbocycles. The number of hydrogen-bond donors (Lipinski definition) is 0. The van der Waals surface area contributed by atoms with Crippen molar-refractivity contribution in [2.24, 2.45) is 0 Å². The topological polar surface area (TPSA) is 73.8 Å². The Bertz CT molecular complexity index is 481. The predicted molar refractivity (Wildman–Crippen MR) is 79.9 cm³/mol. The lowest BCUT2D eigenvalue weighted by atomic mass is 10.3. The molecular weight excluding hydrogens is 294 g/mol. The summed E-state index contributed by atoms with van der Waals surface area (Å²) in [5.41, 5.74) is 0. The van der Waals surface area contributed by atoms with E-state index >= 15 is 0 Å². The van der Waals surface area contributed by atoms with Gasteiger partial charge in [-0.15, -0.1) is 0 Å².